The third kappa shape index (κ3) is 5.72. The van der Waals surface area contributed by atoms with E-state index < -0.39 is 0 Å². The number of esters is 1. The minimum atomic E-state index is -0.378. The van der Waals surface area contributed by atoms with Crippen LogP contribution in [0.3, 0.4) is 0 Å². The van der Waals surface area contributed by atoms with E-state index in [4.69, 9.17) is 10.5 Å². The van der Waals surface area contributed by atoms with Gasteiger partial charge in [-0.15, -0.1) is 0 Å². The van der Waals surface area contributed by atoms with E-state index in [0.717, 1.165) is 0 Å². The number of nitrogens with one attached hydrogen (secondary N) is 1. The maximum Gasteiger partial charge on any atom is 0.307 e. The van der Waals surface area contributed by atoms with Crippen molar-refractivity contribution in [1.29, 1.82) is 0 Å². The topological polar surface area (TPSA) is 90.6 Å². The second-order valence-electron chi connectivity index (χ2n) is 5.04. The van der Waals surface area contributed by atoms with Crippen molar-refractivity contribution in [2.24, 2.45) is 5.92 Å². The monoisotopic (exact) mass is 294 g/mol. The summed E-state index contributed by atoms with van der Waals surface area (Å²) in [5.74, 6) is 0.264. The SMILES string of the molecule is COC(=O)CCNC(=O)c1cc(OCC(C)C)ccc1N. The lowest BCUT2D eigenvalue weighted by atomic mass is 10.1. The van der Waals surface area contributed by atoms with Gasteiger partial charge < -0.3 is 20.5 Å². The van der Waals surface area contributed by atoms with E-state index in [-0.39, 0.29) is 24.8 Å². The van der Waals surface area contributed by atoms with Crippen LogP contribution < -0.4 is 15.8 Å². The lowest BCUT2D eigenvalue weighted by molar-refractivity contribution is -0.140. The molecule has 3 N–H and O–H groups in total. The van der Waals surface area contributed by atoms with Gasteiger partial charge in [-0.05, 0) is 24.1 Å². The summed E-state index contributed by atoms with van der Waals surface area (Å²) in [6.45, 7) is 4.84. The van der Waals surface area contributed by atoms with Gasteiger partial charge in [-0.2, -0.15) is 0 Å². The number of anilines is 1. The average Bonchev–Trinajstić information content (AvgIpc) is 2.45. The number of hydrogen-bond donors (Lipinski definition) is 2. The lowest BCUT2D eigenvalue weighted by Crippen LogP contribution is -2.27. The summed E-state index contributed by atoms with van der Waals surface area (Å²) < 4.78 is 10.1. The molecule has 0 saturated carbocycles. The summed E-state index contributed by atoms with van der Waals surface area (Å²) in [6.07, 6.45) is 0.117. The highest BCUT2D eigenvalue weighted by Gasteiger charge is 2.12. The van der Waals surface area contributed by atoms with Crippen molar-refractivity contribution < 1.29 is 19.1 Å². The molecule has 21 heavy (non-hydrogen) atoms. The Labute approximate surface area is 124 Å². The highest BCUT2D eigenvalue weighted by atomic mass is 16.5. The van der Waals surface area contributed by atoms with E-state index in [9.17, 15) is 9.59 Å². The number of ether oxygens (including phenoxy) is 2. The molecule has 0 aromatic heterocycles. The van der Waals surface area contributed by atoms with Gasteiger partial charge in [-0.1, -0.05) is 13.8 Å². The number of carbonyl (C=O) groups excluding carboxylic acids is 2. The van der Waals surface area contributed by atoms with Crippen LogP contribution in [0, 0.1) is 5.92 Å². The van der Waals surface area contributed by atoms with Gasteiger partial charge >= 0.3 is 5.97 Å². The predicted molar refractivity (Wildman–Crippen MR) is 80.2 cm³/mol. The van der Waals surface area contributed by atoms with Crippen molar-refractivity contribution in [3.63, 3.8) is 0 Å². The van der Waals surface area contributed by atoms with Crippen molar-refractivity contribution in [2.75, 3.05) is 26.0 Å². The molecule has 0 saturated heterocycles. The van der Waals surface area contributed by atoms with Gasteiger partial charge in [0.25, 0.3) is 5.91 Å². The van der Waals surface area contributed by atoms with Crippen molar-refractivity contribution >= 4 is 17.6 Å². The standard InChI is InChI=1S/C15H22N2O4/c1-10(2)9-21-11-4-5-13(16)12(8-11)15(19)17-7-6-14(18)20-3/h4-5,8,10H,6-7,9,16H2,1-3H3,(H,17,19). The first-order chi connectivity index (χ1) is 9.93. The first-order valence-electron chi connectivity index (χ1n) is 6.81. The fraction of sp³-hybridized carbons (Fsp3) is 0.467. The Bertz CT molecular complexity index is 500. The number of hydrogen-bond acceptors (Lipinski definition) is 5. The first kappa shape index (κ1) is 16.8. The molecule has 0 aliphatic rings. The van der Waals surface area contributed by atoms with Crippen LogP contribution in [-0.4, -0.2) is 32.1 Å². The summed E-state index contributed by atoms with van der Waals surface area (Å²) >= 11 is 0. The van der Waals surface area contributed by atoms with E-state index in [1.165, 1.54) is 7.11 Å². The number of rotatable bonds is 7. The molecule has 0 aliphatic carbocycles. The lowest BCUT2D eigenvalue weighted by Gasteiger charge is -2.12. The van der Waals surface area contributed by atoms with Gasteiger partial charge in [0, 0.05) is 12.2 Å². The summed E-state index contributed by atoms with van der Waals surface area (Å²) in [5.41, 5.74) is 6.49. The van der Waals surface area contributed by atoms with Gasteiger partial charge in [0.05, 0.1) is 25.7 Å². The Morgan fingerprint density at radius 2 is 2.05 bits per heavy atom. The minimum Gasteiger partial charge on any atom is -0.493 e. The zero-order valence-corrected chi connectivity index (χ0v) is 12.6. The molecule has 1 amide bonds. The molecule has 1 rings (SSSR count). The van der Waals surface area contributed by atoms with Gasteiger partial charge in [-0.25, -0.2) is 0 Å². The van der Waals surface area contributed by atoms with Crippen LogP contribution in [0.5, 0.6) is 5.75 Å². The van der Waals surface area contributed by atoms with Crippen molar-refractivity contribution in [3.8, 4) is 5.75 Å². The van der Waals surface area contributed by atoms with Crippen LogP contribution in [0.15, 0.2) is 18.2 Å². The van der Waals surface area contributed by atoms with Crippen LogP contribution >= 0.6 is 0 Å². The van der Waals surface area contributed by atoms with Gasteiger partial charge in [0.2, 0.25) is 0 Å². The molecule has 0 aliphatic heterocycles. The van der Waals surface area contributed by atoms with Crippen molar-refractivity contribution in [2.45, 2.75) is 20.3 Å². The summed E-state index contributed by atoms with van der Waals surface area (Å²) in [6, 6.07) is 4.96. The quantitative estimate of drug-likeness (QED) is 0.589. The molecule has 1 aromatic rings. The number of nitrogen functional groups attached to an aromatic ring is 1. The number of amides is 1. The highest BCUT2D eigenvalue weighted by Crippen LogP contribution is 2.20. The largest absolute Gasteiger partial charge is 0.493 e. The third-order valence-corrected chi connectivity index (χ3v) is 2.70. The highest BCUT2D eigenvalue weighted by molar-refractivity contribution is 5.99. The number of methoxy groups -OCH3 is 1. The van der Waals surface area contributed by atoms with Crippen molar-refractivity contribution in [3.05, 3.63) is 23.8 Å². The molecule has 0 unspecified atom stereocenters. The average molecular weight is 294 g/mol. The van der Waals surface area contributed by atoms with Crippen LogP contribution in [0.2, 0.25) is 0 Å². The molecule has 6 nitrogen and oxygen atoms in total. The van der Waals surface area contributed by atoms with Crippen LogP contribution in [0.25, 0.3) is 0 Å². The second kappa shape index (κ2) is 8.14. The Kier molecular flexibility index (Phi) is 6.52. The minimum absolute atomic E-state index is 0.117. The summed E-state index contributed by atoms with van der Waals surface area (Å²) in [5, 5.41) is 2.62. The molecule has 0 spiro atoms. The molecular formula is C15H22N2O4. The van der Waals surface area contributed by atoms with Gasteiger partial charge in [0.1, 0.15) is 5.75 Å². The summed E-state index contributed by atoms with van der Waals surface area (Å²) in [4.78, 5) is 23.0. The molecule has 6 heteroatoms. The Morgan fingerprint density at radius 3 is 2.67 bits per heavy atom. The smallest absolute Gasteiger partial charge is 0.307 e. The van der Waals surface area contributed by atoms with E-state index in [1.807, 2.05) is 13.8 Å². The fourth-order valence-electron chi connectivity index (χ4n) is 1.56. The molecule has 0 atom stereocenters. The van der Waals surface area contributed by atoms with E-state index in [1.54, 1.807) is 18.2 Å². The van der Waals surface area contributed by atoms with Gasteiger partial charge in [-0.3, -0.25) is 9.59 Å². The Balaban J connectivity index is 2.65. The third-order valence-electron chi connectivity index (χ3n) is 2.70. The van der Waals surface area contributed by atoms with E-state index >= 15 is 0 Å². The molecule has 0 heterocycles. The fourth-order valence-corrected chi connectivity index (χ4v) is 1.56. The zero-order valence-electron chi connectivity index (χ0n) is 12.6. The Morgan fingerprint density at radius 1 is 1.33 bits per heavy atom. The zero-order chi connectivity index (χ0) is 15.8. The van der Waals surface area contributed by atoms with Gasteiger partial charge in [0.15, 0.2) is 0 Å². The maximum atomic E-state index is 12.0. The van der Waals surface area contributed by atoms with Crippen LogP contribution in [0.4, 0.5) is 5.69 Å². The second-order valence-corrected chi connectivity index (χ2v) is 5.04. The van der Waals surface area contributed by atoms with E-state index in [0.29, 0.717) is 29.5 Å². The van der Waals surface area contributed by atoms with Crippen molar-refractivity contribution in [1.82, 2.24) is 5.32 Å². The predicted octanol–water partition coefficient (Wildman–Crippen LogP) is 1.60. The number of nitrogens with two attached hydrogens (primary N) is 1. The molecule has 0 fully saturated rings. The normalized spacial score (nSPS) is 10.3. The van der Waals surface area contributed by atoms with Crippen LogP contribution in [-0.2, 0) is 9.53 Å². The number of benzene rings is 1. The molecule has 116 valence electrons. The van der Waals surface area contributed by atoms with E-state index in [2.05, 4.69) is 10.1 Å². The molecule has 1 aromatic carbocycles. The Hall–Kier alpha value is -2.24. The molecule has 0 bridgehead atoms. The molecule has 0 radical (unpaired) electrons. The summed E-state index contributed by atoms with van der Waals surface area (Å²) in [7, 11) is 1.30. The number of carbonyl (C=O) groups is 2. The molecular weight excluding hydrogens is 272 g/mol. The first-order valence-corrected chi connectivity index (χ1v) is 6.81. The van der Waals surface area contributed by atoms with Crippen LogP contribution in [0.1, 0.15) is 30.6 Å². The maximum absolute atomic E-state index is 12.0.